The maximum absolute atomic E-state index is 13.0. The van der Waals surface area contributed by atoms with E-state index < -0.39 is 5.82 Å². The summed E-state index contributed by atoms with van der Waals surface area (Å²) < 4.78 is 18.1. The lowest BCUT2D eigenvalue weighted by Gasteiger charge is -2.11. The van der Waals surface area contributed by atoms with Gasteiger partial charge in [-0.05, 0) is 13.3 Å². The molecule has 0 saturated carbocycles. The largest absolute Gasteiger partial charge is 0.472 e. The van der Waals surface area contributed by atoms with E-state index in [1.54, 1.807) is 0 Å². The molecule has 1 unspecified atom stereocenters. The van der Waals surface area contributed by atoms with Crippen LogP contribution in [0.2, 0.25) is 0 Å². The van der Waals surface area contributed by atoms with Crippen LogP contribution in [0.4, 0.5) is 10.3 Å². The second kappa shape index (κ2) is 4.02. The molecule has 0 amide bonds. The van der Waals surface area contributed by atoms with Gasteiger partial charge in [0.2, 0.25) is 11.8 Å². The van der Waals surface area contributed by atoms with E-state index in [0.717, 1.165) is 12.6 Å². The fourth-order valence-electron chi connectivity index (χ4n) is 0.721. The highest BCUT2D eigenvalue weighted by Crippen LogP contribution is 2.15. The standard InChI is InChI=1S/C8H12FN3O/c1-3-5(2)13-7-6(9)4-11-8(10)12-7/h4-5H,3H2,1-2H3,(H2,10,11,12). The van der Waals surface area contributed by atoms with Gasteiger partial charge in [0, 0.05) is 0 Å². The predicted molar refractivity (Wildman–Crippen MR) is 46.8 cm³/mol. The van der Waals surface area contributed by atoms with Crippen LogP contribution < -0.4 is 10.5 Å². The number of rotatable bonds is 3. The van der Waals surface area contributed by atoms with Crippen molar-refractivity contribution in [1.82, 2.24) is 9.97 Å². The summed E-state index contributed by atoms with van der Waals surface area (Å²) in [5.41, 5.74) is 5.28. The topological polar surface area (TPSA) is 61.0 Å². The van der Waals surface area contributed by atoms with E-state index in [4.69, 9.17) is 10.5 Å². The van der Waals surface area contributed by atoms with E-state index >= 15 is 0 Å². The highest BCUT2D eigenvalue weighted by atomic mass is 19.1. The van der Waals surface area contributed by atoms with Crippen molar-refractivity contribution in [3.05, 3.63) is 12.0 Å². The van der Waals surface area contributed by atoms with Gasteiger partial charge in [0.25, 0.3) is 5.88 Å². The second-order valence-electron chi connectivity index (χ2n) is 2.72. The lowest BCUT2D eigenvalue weighted by molar-refractivity contribution is 0.198. The molecule has 0 aliphatic heterocycles. The Bertz CT molecular complexity index is 293. The Balaban J connectivity index is 2.81. The zero-order valence-electron chi connectivity index (χ0n) is 7.62. The third kappa shape index (κ3) is 2.54. The Hall–Kier alpha value is -1.39. The van der Waals surface area contributed by atoms with E-state index in [2.05, 4.69) is 9.97 Å². The van der Waals surface area contributed by atoms with Crippen LogP contribution in [0, 0.1) is 5.82 Å². The van der Waals surface area contributed by atoms with Gasteiger partial charge in [0.1, 0.15) is 0 Å². The van der Waals surface area contributed by atoms with E-state index in [-0.39, 0.29) is 17.9 Å². The Morgan fingerprint density at radius 2 is 2.38 bits per heavy atom. The summed E-state index contributed by atoms with van der Waals surface area (Å²) in [4.78, 5) is 7.11. The third-order valence-electron chi connectivity index (χ3n) is 1.62. The average Bonchev–Trinajstić information content (AvgIpc) is 2.11. The van der Waals surface area contributed by atoms with Crippen molar-refractivity contribution in [3.63, 3.8) is 0 Å². The smallest absolute Gasteiger partial charge is 0.255 e. The van der Waals surface area contributed by atoms with Crippen LogP contribution in [-0.2, 0) is 0 Å². The van der Waals surface area contributed by atoms with Crippen molar-refractivity contribution in [2.75, 3.05) is 5.73 Å². The number of hydrogen-bond donors (Lipinski definition) is 1. The van der Waals surface area contributed by atoms with Gasteiger partial charge in [-0.25, -0.2) is 4.98 Å². The average molecular weight is 185 g/mol. The highest BCUT2D eigenvalue weighted by molar-refractivity contribution is 5.22. The third-order valence-corrected chi connectivity index (χ3v) is 1.62. The van der Waals surface area contributed by atoms with Crippen LogP contribution in [0.5, 0.6) is 5.88 Å². The maximum Gasteiger partial charge on any atom is 0.255 e. The van der Waals surface area contributed by atoms with Crippen molar-refractivity contribution in [1.29, 1.82) is 0 Å². The maximum atomic E-state index is 13.0. The van der Waals surface area contributed by atoms with Crippen molar-refractivity contribution < 1.29 is 9.13 Å². The molecule has 5 heteroatoms. The molecular weight excluding hydrogens is 173 g/mol. The normalized spacial score (nSPS) is 12.5. The summed E-state index contributed by atoms with van der Waals surface area (Å²) in [6.45, 7) is 3.77. The molecule has 0 aromatic carbocycles. The summed E-state index contributed by atoms with van der Waals surface area (Å²) in [6, 6.07) is 0. The molecule has 2 N–H and O–H groups in total. The molecule has 13 heavy (non-hydrogen) atoms. The fraction of sp³-hybridized carbons (Fsp3) is 0.500. The fourth-order valence-corrected chi connectivity index (χ4v) is 0.721. The van der Waals surface area contributed by atoms with E-state index in [9.17, 15) is 4.39 Å². The summed E-state index contributed by atoms with van der Waals surface area (Å²) >= 11 is 0. The number of hydrogen-bond acceptors (Lipinski definition) is 4. The first kappa shape index (κ1) is 9.70. The van der Waals surface area contributed by atoms with Gasteiger partial charge in [-0.2, -0.15) is 9.37 Å². The van der Waals surface area contributed by atoms with Crippen LogP contribution in [0.1, 0.15) is 20.3 Å². The number of aromatic nitrogens is 2. The van der Waals surface area contributed by atoms with Crippen LogP contribution in [-0.4, -0.2) is 16.1 Å². The number of nitrogen functional groups attached to an aromatic ring is 1. The molecule has 72 valence electrons. The van der Waals surface area contributed by atoms with Gasteiger partial charge in [0.15, 0.2) is 0 Å². The molecule has 0 aliphatic rings. The first-order chi connectivity index (χ1) is 6.13. The van der Waals surface area contributed by atoms with Crippen molar-refractivity contribution >= 4 is 5.95 Å². The van der Waals surface area contributed by atoms with Gasteiger partial charge in [-0.15, -0.1) is 0 Å². The molecule has 0 bridgehead atoms. The van der Waals surface area contributed by atoms with Gasteiger partial charge >= 0.3 is 0 Å². The molecule has 0 saturated heterocycles. The molecule has 1 aromatic heterocycles. The van der Waals surface area contributed by atoms with Crippen molar-refractivity contribution in [2.45, 2.75) is 26.4 Å². The van der Waals surface area contributed by atoms with Crippen molar-refractivity contribution in [3.8, 4) is 5.88 Å². The molecule has 0 aliphatic carbocycles. The van der Waals surface area contributed by atoms with Crippen LogP contribution in [0.25, 0.3) is 0 Å². The van der Waals surface area contributed by atoms with Gasteiger partial charge in [-0.1, -0.05) is 6.92 Å². The van der Waals surface area contributed by atoms with Gasteiger partial charge in [0.05, 0.1) is 12.3 Å². The first-order valence-electron chi connectivity index (χ1n) is 4.08. The molecule has 1 heterocycles. The lowest BCUT2D eigenvalue weighted by atomic mass is 10.3. The summed E-state index contributed by atoms with van der Waals surface area (Å²) in [5, 5.41) is 0. The zero-order valence-corrected chi connectivity index (χ0v) is 7.62. The number of ether oxygens (including phenoxy) is 1. The summed E-state index contributed by atoms with van der Waals surface area (Å²) in [5.74, 6) is -0.656. The number of halogens is 1. The van der Waals surface area contributed by atoms with E-state index in [1.807, 2.05) is 13.8 Å². The molecule has 1 aromatic rings. The molecule has 1 atom stereocenters. The van der Waals surface area contributed by atoms with Gasteiger partial charge < -0.3 is 10.5 Å². The lowest BCUT2D eigenvalue weighted by Crippen LogP contribution is -2.13. The van der Waals surface area contributed by atoms with E-state index in [1.165, 1.54) is 0 Å². The SMILES string of the molecule is CCC(C)Oc1nc(N)ncc1F. The molecule has 0 radical (unpaired) electrons. The van der Waals surface area contributed by atoms with Crippen LogP contribution >= 0.6 is 0 Å². The second-order valence-corrected chi connectivity index (χ2v) is 2.72. The minimum atomic E-state index is -0.588. The van der Waals surface area contributed by atoms with Gasteiger partial charge in [-0.3, -0.25) is 0 Å². The molecule has 0 fully saturated rings. The molecule has 1 rings (SSSR count). The molecule has 0 spiro atoms. The minimum absolute atomic E-state index is 0.0136. The predicted octanol–water partition coefficient (Wildman–Crippen LogP) is 1.38. The quantitative estimate of drug-likeness (QED) is 0.772. The number of nitrogens with two attached hydrogens (primary N) is 1. The number of anilines is 1. The molecule has 4 nitrogen and oxygen atoms in total. The number of nitrogens with zero attached hydrogens (tertiary/aromatic N) is 2. The van der Waals surface area contributed by atoms with Crippen LogP contribution in [0.3, 0.4) is 0 Å². The van der Waals surface area contributed by atoms with Crippen LogP contribution in [0.15, 0.2) is 6.20 Å². The first-order valence-corrected chi connectivity index (χ1v) is 4.08. The Morgan fingerprint density at radius 1 is 1.69 bits per heavy atom. The van der Waals surface area contributed by atoms with E-state index in [0.29, 0.717) is 0 Å². The Labute approximate surface area is 75.9 Å². The summed E-state index contributed by atoms with van der Waals surface area (Å²) in [7, 11) is 0. The minimum Gasteiger partial charge on any atom is -0.472 e. The monoisotopic (exact) mass is 185 g/mol. The molecular formula is C8H12FN3O. The Morgan fingerprint density at radius 3 is 3.00 bits per heavy atom. The highest BCUT2D eigenvalue weighted by Gasteiger charge is 2.09. The summed E-state index contributed by atoms with van der Waals surface area (Å²) in [6.07, 6.45) is 1.70. The zero-order chi connectivity index (χ0) is 9.84. The van der Waals surface area contributed by atoms with Crippen molar-refractivity contribution in [2.24, 2.45) is 0 Å². The Kier molecular flexibility index (Phi) is 3.00.